The monoisotopic (exact) mass is 244 g/mol. The fourth-order valence-electron chi connectivity index (χ4n) is 1.39. The SMILES string of the molecule is CNc1nc(Cl)nc(OC(C)CC(C)C)n1. The highest BCUT2D eigenvalue weighted by molar-refractivity contribution is 6.28. The number of nitrogens with zero attached hydrogens (tertiary/aromatic N) is 3. The van der Waals surface area contributed by atoms with Crippen molar-refractivity contribution in [2.24, 2.45) is 5.92 Å². The number of ether oxygens (including phenoxy) is 1. The second-order valence-electron chi connectivity index (χ2n) is 4.02. The van der Waals surface area contributed by atoms with E-state index in [0.29, 0.717) is 11.9 Å². The van der Waals surface area contributed by atoms with Crippen LogP contribution in [0.4, 0.5) is 5.95 Å². The number of anilines is 1. The average Bonchev–Trinajstić information content (AvgIpc) is 2.14. The predicted molar refractivity (Wildman–Crippen MR) is 63.9 cm³/mol. The van der Waals surface area contributed by atoms with Gasteiger partial charge in [0.25, 0.3) is 0 Å². The molecular weight excluding hydrogens is 228 g/mol. The van der Waals surface area contributed by atoms with Crippen molar-refractivity contribution in [3.05, 3.63) is 5.28 Å². The zero-order valence-corrected chi connectivity index (χ0v) is 10.7. The molecule has 0 radical (unpaired) electrons. The number of halogens is 1. The van der Waals surface area contributed by atoms with Gasteiger partial charge in [0, 0.05) is 7.05 Å². The Morgan fingerprint density at radius 2 is 1.94 bits per heavy atom. The lowest BCUT2D eigenvalue weighted by Crippen LogP contribution is -2.16. The molecule has 0 bridgehead atoms. The van der Waals surface area contributed by atoms with Gasteiger partial charge >= 0.3 is 6.01 Å². The predicted octanol–water partition coefficient (Wildman–Crippen LogP) is 2.38. The molecule has 0 fully saturated rings. The van der Waals surface area contributed by atoms with E-state index in [-0.39, 0.29) is 17.4 Å². The molecule has 0 aromatic carbocycles. The topological polar surface area (TPSA) is 59.9 Å². The van der Waals surface area contributed by atoms with Crippen molar-refractivity contribution in [2.45, 2.75) is 33.3 Å². The zero-order valence-electron chi connectivity index (χ0n) is 9.99. The van der Waals surface area contributed by atoms with Crippen LogP contribution in [0.1, 0.15) is 27.2 Å². The maximum absolute atomic E-state index is 5.74. The normalized spacial score (nSPS) is 12.6. The molecule has 1 aromatic rings. The summed E-state index contributed by atoms with van der Waals surface area (Å²) in [4.78, 5) is 11.8. The maximum atomic E-state index is 5.74. The van der Waals surface area contributed by atoms with E-state index >= 15 is 0 Å². The lowest BCUT2D eigenvalue weighted by Gasteiger charge is -2.15. The van der Waals surface area contributed by atoms with Crippen molar-refractivity contribution in [3.8, 4) is 6.01 Å². The molecule has 0 aliphatic heterocycles. The molecule has 1 heterocycles. The van der Waals surface area contributed by atoms with E-state index < -0.39 is 0 Å². The van der Waals surface area contributed by atoms with E-state index in [1.165, 1.54) is 0 Å². The first-order valence-electron chi connectivity index (χ1n) is 5.27. The Kier molecular flexibility index (Phi) is 4.73. The fraction of sp³-hybridized carbons (Fsp3) is 0.700. The van der Waals surface area contributed by atoms with Crippen molar-refractivity contribution in [1.29, 1.82) is 0 Å². The van der Waals surface area contributed by atoms with Crippen LogP contribution >= 0.6 is 11.6 Å². The third kappa shape index (κ3) is 4.18. The van der Waals surface area contributed by atoms with Gasteiger partial charge in [0.05, 0.1) is 6.10 Å². The Morgan fingerprint density at radius 3 is 2.50 bits per heavy atom. The molecule has 1 N–H and O–H groups in total. The maximum Gasteiger partial charge on any atom is 0.322 e. The lowest BCUT2D eigenvalue weighted by molar-refractivity contribution is 0.177. The highest BCUT2D eigenvalue weighted by Gasteiger charge is 2.10. The van der Waals surface area contributed by atoms with Gasteiger partial charge in [-0.05, 0) is 30.9 Å². The summed E-state index contributed by atoms with van der Waals surface area (Å²) in [5, 5.41) is 2.93. The molecule has 90 valence electrons. The molecule has 1 atom stereocenters. The van der Waals surface area contributed by atoms with Gasteiger partial charge in [0.1, 0.15) is 0 Å². The van der Waals surface area contributed by atoms with E-state index in [4.69, 9.17) is 16.3 Å². The summed E-state index contributed by atoms with van der Waals surface area (Å²) in [7, 11) is 1.72. The third-order valence-electron chi connectivity index (χ3n) is 1.92. The van der Waals surface area contributed by atoms with Crippen molar-refractivity contribution in [2.75, 3.05) is 12.4 Å². The Morgan fingerprint density at radius 1 is 1.25 bits per heavy atom. The van der Waals surface area contributed by atoms with E-state index in [2.05, 4.69) is 34.1 Å². The van der Waals surface area contributed by atoms with Crippen molar-refractivity contribution >= 4 is 17.5 Å². The summed E-state index contributed by atoms with van der Waals surface area (Å²) in [6.45, 7) is 6.26. The highest BCUT2D eigenvalue weighted by Crippen LogP contribution is 2.14. The molecule has 0 aliphatic carbocycles. The van der Waals surface area contributed by atoms with E-state index in [1.54, 1.807) is 7.05 Å². The first kappa shape index (κ1) is 13.0. The van der Waals surface area contributed by atoms with Crippen LogP contribution in [0.5, 0.6) is 6.01 Å². The third-order valence-corrected chi connectivity index (χ3v) is 2.09. The molecule has 0 saturated heterocycles. The molecule has 0 saturated carbocycles. The Labute approximate surface area is 101 Å². The number of aromatic nitrogens is 3. The summed E-state index contributed by atoms with van der Waals surface area (Å²) in [6.07, 6.45) is 1.00. The van der Waals surface area contributed by atoms with E-state index in [0.717, 1.165) is 6.42 Å². The molecule has 1 rings (SSSR count). The van der Waals surface area contributed by atoms with Crippen LogP contribution in [0, 0.1) is 5.92 Å². The molecule has 5 nitrogen and oxygen atoms in total. The van der Waals surface area contributed by atoms with Gasteiger partial charge in [0.2, 0.25) is 11.2 Å². The first-order valence-corrected chi connectivity index (χ1v) is 5.65. The number of nitrogens with one attached hydrogen (secondary N) is 1. The molecule has 16 heavy (non-hydrogen) atoms. The number of hydrogen-bond donors (Lipinski definition) is 1. The van der Waals surface area contributed by atoms with Crippen LogP contribution in [-0.2, 0) is 0 Å². The molecule has 1 aromatic heterocycles. The summed E-state index contributed by atoms with van der Waals surface area (Å²) in [5.74, 6) is 0.975. The minimum atomic E-state index is 0.0585. The van der Waals surface area contributed by atoms with Gasteiger partial charge in [-0.3, -0.25) is 0 Å². The van der Waals surface area contributed by atoms with Crippen LogP contribution in [0.15, 0.2) is 0 Å². The van der Waals surface area contributed by atoms with Crippen LogP contribution in [0.3, 0.4) is 0 Å². The summed E-state index contributed by atoms with van der Waals surface area (Å²) >= 11 is 5.74. The van der Waals surface area contributed by atoms with E-state index in [1.807, 2.05) is 6.92 Å². The van der Waals surface area contributed by atoms with Crippen molar-refractivity contribution < 1.29 is 4.74 Å². The van der Waals surface area contributed by atoms with Gasteiger partial charge in [-0.1, -0.05) is 13.8 Å². The minimum absolute atomic E-state index is 0.0585. The quantitative estimate of drug-likeness (QED) is 0.862. The Balaban J connectivity index is 2.69. The van der Waals surface area contributed by atoms with Gasteiger partial charge in [-0.2, -0.15) is 15.0 Å². The zero-order chi connectivity index (χ0) is 12.1. The van der Waals surface area contributed by atoms with Crippen LogP contribution in [-0.4, -0.2) is 28.1 Å². The average molecular weight is 245 g/mol. The second kappa shape index (κ2) is 5.84. The number of rotatable bonds is 5. The highest BCUT2D eigenvalue weighted by atomic mass is 35.5. The summed E-state index contributed by atoms with van der Waals surface area (Å²) in [6, 6.07) is 0.262. The molecule has 1 unspecified atom stereocenters. The van der Waals surface area contributed by atoms with Gasteiger partial charge in [-0.15, -0.1) is 0 Å². The minimum Gasteiger partial charge on any atom is -0.460 e. The molecule has 6 heteroatoms. The van der Waals surface area contributed by atoms with Gasteiger partial charge in [-0.25, -0.2) is 0 Å². The first-order chi connectivity index (χ1) is 7.51. The van der Waals surface area contributed by atoms with Gasteiger partial charge in [0.15, 0.2) is 0 Å². The standard InChI is InChI=1S/C10H17ClN4O/c1-6(2)5-7(3)16-10-14-8(11)13-9(12-4)15-10/h6-7H,5H2,1-4H3,(H,12,13,14,15). The summed E-state index contributed by atoms with van der Waals surface area (Å²) in [5.41, 5.74) is 0. The number of hydrogen-bond acceptors (Lipinski definition) is 5. The van der Waals surface area contributed by atoms with Gasteiger partial charge < -0.3 is 10.1 Å². The Bertz CT molecular complexity index is 346. The Hall–Kier alpha value is -1.10. The molecule has 0 amide bonds. The van der Waals surface area contributed by atoms with Crippen LogP contribution in [0.25, 0.3) is 0 Å². The summed E-state index contributed by atoms with van der Waals surface area (Å²) < 4.78 is 5.56. The molecular formula is C10H17ClN4O. The lowest BCUT2D eigenvalue weighted by atomic mass is 10.1. The van der Waals surface area contributed by atoms with Crippen LogP contribution in [0.2, 0.25) is 5.28 Å². The molecule has 0 spiro atoms. The fourth-order valence-corrected chi connectivity index (χ4v) is 1.54. The van der Waals surface area contributed by atoms with E-state index in [9.17, 15) is 0 Å². The smallest absolute Gasteiger partial charge is 0.322 e. The largest absolute Gasteiger partial charge is 0.460 e. The van der Waals surface area contributed by atoms with Crippen molar-refractivity contribution in [3.63, 3.8) is 0 Å². The second-order valence-corrected chi connectivity index (χ2v) is 4.36. The van der Waals surface area contributed by atoms with Crippen molar-refractivity contribution in [1.82, 2.24) is 15.0 Å². The van der Waals surface area contributed by atoms with Crippen LogP contribution < -0.4 is 10.1 Å². The molecule has 0 aliphatic rings.